The molecule has 0 aromatic carbocycles. The molecule has 2 aromatic rings. The summed E-state index contributed by atoms with van der Waals surface area (Å²) >= 11 is 1.43. The van der Waals surface area contributed by atoms with Crippen LogP contribution in [0.15, 0.2) is 6.33 Å². The molecule has 0 fully saturated rings. The van der Waals surface area contributed by atoms with E-state index in [2.05, 4.69) is 41.5 Å². The van der Waals surface area contributed by atoms with Crippen LogP contribution < -0.4 is 5.32 Å². The molecule has 1 aliphatic heterocycles. The summed E-state index contributed by atoms with van der Waals surface area (Å²) in [7, 11) is 0. The lowest BCUT2D eigenvalue weighted by Gasteiger charge is -2.26. The molecule has 1 aliphatic rings. The maximum atomic E-state index is 4.23. The lowest BCUT2D eigenvalue weighted by molar-refractivity contribution is 0.206. The van der Waals surface area contributed by atoms with Crippen molar-refractivity contribution in [3.8, 4) is 0 Å². The monoisotopic (exact) mass is 279 g/mol. The van der Waals surface area contributed by atoms with Crippen LogP contribution in [0, 0.1) is 0 Å². The number of aromatic nitrogens is 5. The molecule has 3 heterocycles. The molecule has 0 saturated carbocycles. The second-order valence-corrected chi connectivity index (χ2v) is 5.38. The molecule has 3 rings (SSSR count). The van der Waals surface area contributed by atoms with Crippen molar-refractivity contribution in [1.29, 1.82) is 0 Å². The van der Waals surface area contributed by atoms with Gasteiger partial charge in [0.05, 0.1) is 6.54 Å². The third kappa shape index (κ3) is 2.74. The lowest BCUT2D eigenvalue weighted by Crippen LogP contribution is -2.33. The molecule has 19 heavy (non-hydrogen) atoms. The van der Waals surface area contributed by atoms with Gasteiger partial charge >= 0.3 is 0 Å². The van der Waals surface area contributed by atoms with Crippen molar-refractivity contribution >= 4 is 16.5 Å². The normalized spacial score (nSPS) is 15.4. The zero-order valence-electron chi connectivity index (χ0n) is 10.9. The molecule has 0 bridgehead atoms. The maximum Gasteiger partial charge on any atom is 0.147 e. The van der Waals surface area contributed by atoms with E-state index in [-0.39, 0.29) is 0 Å². The fourth-order valence-electron chi connectivity index (χ4n) is 2.15. The fourth-order valence-corrected chi connectivity index (χ4v) is 2.75. The minimum atomic E-state index is 0.815. The first-order chi connectivity index (χ1) is 9.36. The Morgan fingerprint density at radius 3 is 3.21 bits per heavy atom. The summed E-state index contributed by atoms with van der Waals surface area (Å²) in [5, 5.41) is 16.8. The maximum absolute atomic E-state index is 4.23. The highest BCUT2D eigenvalue weighted by atomic mass is 32.1. The number of rotatable bonds is 5. The van der Waals surface area contributed by atoms with E-state index in [1.807, 2.05) is 0 Å². The van der Waals surface area contributed by atoms with Gasteiger partial charge in [-0.1, -0.05) is 11.4 Å². The zero-order chi connectivity index (χ0) is 13.1. The number of fused-ring (bicyclic) bond motifs is 1. The standard InChI is InChI=1S/C11H17N7S/c1-2-3-12-11-9(14-16-19-11)6-17-4-5-18-8-13-15-10(18)7-17/h8,12H,2-7H2,1H3. The second-order valence-electron chi connectivity index (χ2n) is 4.63. The van der Waals surface area contributed by atoms with Gasteiger partial charge in [-0.15, -0.1) is 15.3 Å². The van der Waals surface area contributed by atoms with Crippen molar-refractivity contribution in [2.24, 2.45) is 0 Å². The van der Waals surface area contributed by atoms with Gasteiger partial charge in [0.2, 0.25) is 0 Å². The van der Waals surface area contributed by atoms with E-state index in [4.69, 9.17) is 0 Å². The molecule has 0 saturated heterocycles. The Morgan fingerprint density at radius 1 is 1.37 bits per heavy atom. The summed E-state index contributed by atoms with van der Waals surface area (Å²) < 4.78 is 6.15. The fraction of sp³-hybridized carbons (Fsp3) is 0.636. The minimum Gasteiger partial charge on any atom is -0.374 e. The van der Waals surface area contributed by atoms with Gasteiger partial charge in [0.15, 0.2) is 0 Å². The van der Waals surface area contributed by atoms with Crippen LogP contribution in [0.2, 0.25) is 0 Å². The van der Waals surface area contributed by atoms with Crippen LogP contribution in [0.25, 0.3) is 0 Å². The number of hydrogen-bond acceptors (Lipinski definition) is 7. The van der Waals surface area contributed by atoms with Gasteiger partial charge in [-0.05, 0) is 6.42 Å². The molecule has 0 atom stereocenters. The van der Waals surface area contributed by atoms with Crippen LogP contribution in [0.4, 0.5) is 5.00 Å². The van der Waals surface area contributed by atoms with Crippen LogP contribution >= 0.6 is 11.5 Å². The van der Waals surface area contributed by atoms with E-state index in [0.717, 1.165) is 55.7 Å². The SMILES string of the molecule is CCCNc1snnc1CN1CCn2cnnc2C1. The van der Waals surface area contributed by atoms with Crippen molar-refractivity contribution in [1.82, 2.24) is 29.3 Å². The molecule has 0 amide bonds. The van der Waals surface area contributed by atoms with Crippen molar-refractivity contribution < 1.29 is 0 Å². The van der Waals surface area contributed by atoms with Crippen LogP contribution in [-0.4, -0.2) is 42.3 Å². The summed E-state index contributed by atoms with van der Waals surface area (Å²) in [6, 6.07) is 0. The van der Waals surface area contributed by atoms with Gasteiger partial charge in [-0.2, -0.15) is 0 Å². The van der Waals surface area contributed by atoms with Gasteiger partial charge in [0, 0.05) is 37.7 Å². The van der Waals surface area contributed by atoms with Crippen LogP contribution in [0.5, 0.6) is 0 Å². The molecular formula is C11H17N7S. The Bertz CT molecular complexity index is 535. The van der Waals surface area contributed by atoms with Crippen LogP contribution in [0.1, 0.15) is 24.9 Å². The van der Waals surface area contributed by atoms with Crippen LogP contribution in [0.3, 0.4) is 0 Å². The van der Waals surface area contributed by atoms with E-state index in [1.54, 1.807) is 6.33 Å². The molecule has 102 valence electrons. The molecule has 2 aromatic heterocycles. The number of nitrogens with one attached hydrogen (secondary N) is 1. The smallest absolute Gasteiger partial charge is 0.147 e. The van der Waals surface area contributed by atoms with Gasteiger partial charge < -0.3 is 9.88 Å². The molecular weight excluding hydrogens is 262 g/mol. The highest BCUT2D eigenvalue weighted by molar-refractivity contribution is 7.10. The largest absolute Gasteiger partial charge is 0.374 e. The van der Waals surface area contributed by atoms with E-state index < -0.39 is 0 Å². The summed E-state index contributed by atoms with van der Waals surface area (Å²) in [5.41, 5.74) is 1.03. The Hall–Kier alpha value is -1.54. The van der Waals surface area contributed by atoms with Crippen molar-refractivity contribution in [3.63, 3.8) is 0 Å². The van der Waals surface area contributed by atoms with Gasteiger partial charge in [-0.25, -0.2) is 0 Å². The predicted molar refractivity (Wildman–Crippen MR) is 72.8 cm³/mol. The number of anilines is 1. The molecule has 0 spiro atoms. The summed E-state index contributed by atoms with van der Waals surface area (Å²) in [4.78, 5) is 2.33. The molecule has 1 N–H and O–H groups in total. The van der Waals surface area contributed by atoms with E-state index in [1.165, 1.54) is 11.5 Å². The minimum absolute atomic E-state index is 0.815. The topological polar surface area (TPSA) is 71.8 Å². The Kier molecular flexibility index (Phi) is 3.69. The molecule has 0 aliphatic carbocycles. The first-order valence-corrected chi connectivity index (χ1v) is 7.28. The van der Waals surface area contributed by atoms with Gasteiger partial charge in [-0.3, -0.25) is 4.90 Å². The molecule has 0 unspecified atom stereocenters. The average molecular weight is 279 g/mol. The molecule has 0 radical (unpaired) electrons. The Labute approximate surface area is 115 Å². The van der Waals surface area contributed by atoms with Crippen molar-refractivity contribution in [2.75, 3.05) is 18.4 Å². The van der Waals surface area contributed by atoms with Gasteiger partial charge in [0.1, 0.15) is 22.8 Å². The van der Waals surface area contributed by atoms with Gasteiger partial charge in [0.25, 0.3) is 0 Å². The lowest BCUT2D eigenvalue weighted by atomic mass is 10.3. The number of hydrogen-bond donors (Lipinski definition) is 1. The van der Waals surface area contributed by atoms with E-state index >= 15 is 0 Å². The first kappa shape index (κ1) is 12.5. The third-order valence-corrected chi connectivity index (χ3v) is 3.91. The molecule has 7 nitrogen and oxygen atoms in total. The molecule has 8 heteroatoms. The van der Waals surface area contributed by atoms with Crippen molar-refractivity contribution in [3.05, 3.63) is 17.8 Å². The van der Waals surface area contributed by atoms with E-state index in [0.29, 0.717) is 0 Å². The third-order valence-electron chi connectivity index (χ3n) is 3.18. The first-order valence-electron chi connectivity index (χ1n) is 6.51. The Balaban J connectivity index is 1.64. The summed E-state index contributed by atoms with van der Waals surface area (Å²) in [6.45, 7) is 6.69. The highest BCUT2D eigenvalue weighted by Crippen LogP contribution is 2.21. The highest BCUT2D eigenvalue weighted by Gasteiger charge is 2.19. The predicted octanol–water partition coefficient (Wildman–Crippen LogP) is 0.967. The van der Waals surface area contributed by atoms with Crippen LogP contribution in [-0.2, 0) is 19.6 Å². The quantitative estimate of drug-likeness (QED) is 0.879. The summed E-state index contributed by atoms with van der Waals surface area (Å²) in [6.07, 6.45) is 2.90. The zero-order valence-corrected chi connectivity index (χ0v) is 11.7. The number of nitrogens with zero attached hydrogens (tertiary/aromatic N) is 6. The summed E-state index contributed by atoms with van der Waals surface area (Å²) in [5.74, 6) is 1.03. The van der Waals surface area contributed by atoms with E-state index in [9.17, 15) is 0 Å². The van der Waals surface area contributed by atoms with Crippen molar-refractivity contribution in [2.45, 2.75) is 33.0 Å². The second kappa shape index (κ2) is 5.62. The Morgan fingerprint density at radius 2 is 2.32 bits per heavy atom. The average Bonchev–Trinajstić information content (AvgIpc) is 3.05.